The van der Waals surface area contributed by atoms with Gasteiger partial charge in [0.25, 0.3) is 5.69 Å². The van der Waals surface area contributed by atoms with Gasteiger partial charge < -0.3 is 0 Å². The van der Waals surface area contributed by atoms with Crippen LogP contribution in [0, 0.1) is 15.9 Å². The first-order chi connectivity index (χ1) is 9.15. The van der Waals surface area contributed by atoms with E-state index in [1.165, 1.54) is 18.5 Å². The number of hydrogen-bond acceptors (Lipinski definition) is 3. The van der Waals surface area contributed by atoms with Crippen LogP contribution in [-0.4, -0.2) is 14.5 Å². The van der Waals surface area contributed by atoms with Crippen molar-refractivity contribution in [1.29, 1.82) is 0 Å². The second-order valence-electron chi connectivity index (χ2n) is 4.03. The van der Waals surface area contributed by atoms with Crippen molar-refractivity contribution < 1.29 is 9.31 Å². The molecule has 0 aliphatic rings. The number of nitro groups is 1. The summed E-state index contributed by atoms with van der Waals surface area (Å²) in [5.74, 6) is -0.651. The predicted octanol–water partition coefficient (Wildman–Crippen LogP) is 3.07. The van der Waals surface area contributed by atoms with Gasteiger partial charge in [0.15, 0.2) is 0 Å². The molecule has 0 bridgehead atoms. The van der Waals surface area contributed by atoms with E-state index in [0.717, 1.165) is 17.1 Å². The smallest absolute Gasteiger partial charge is 0.274 e. The predicted molar refractivity (Wildman–Crippen MR) is 67.7 cm³/mol. The maximum atomic E-state index is 13.4. The van der Waals surface area contributed by atoms with Crippen LogP contribution in [0.1, 0.15) is 0 Å². The zero-order valence-corrected chi connectivity index (χ0v) is 9.65. The Kier molecular flexibility index (Phi) is 2.49. The zero-order valence-electron chi connectivity index (χ0n) is 9.65. The molecule has 0 amide bonds. The number of imidazole rings is 1. The van der Waals surface area contributed by atoms with E-state index in [1.807, 2.05) is 24.3 Å². The van der Waals surface area contributed by atoms with Crippen molar-refractivity contribution in [2.45, 2.75) is 0 Å². The number of halogens is 1. The third-order valence-corrected chi connectivity index (χ3v) is 2.81. The van der Waals surface area contributed by atoms with E-state index in [2.05, 4.69) is 4.98 Å². The Morgan fingerprint density at radius 1 is 1.21 bits per heavy atom. The molecule has 3 aromatic rings. The Bertz CT molecular complexity index is 782. The molecule has 2 aromatic carbocycles. The summed E-state index contributed by atoms with van der Waals surface area (Å²) in [6.45, 7) is 0. The van der Waals surface area contributed by atoms with E-state index in [4.69, 9.17) is 0 Å². The third-order valence-electron chi connectivity index (χ3n) is 2.81. The summed E-state index contributed by atoms with van der Waals surface area (Å²) in [5, 5.41) is 10.8. The molecule has 0 spiro atoms. The molecule has 0 unspecified atom stereocenters. The topological polar surface area (TPSA) is 61.0 Å². The summed E-state index contributed by atoms with van der Waals surface area (Å²) < 4.78 is 15.1. The molecule has 19 heavy (non-hydrogen) atoms. The van der Waals surface area contributed by atoms with Crippen LogP contribution >= 0.6 is 0 Å². The van der Waals surface area contributed by atoms with Gasteiger partial charge in [-0.3, -0.25) is 14.7 Å². The fourth-order valence-corrected chi connectivity index (χ4v) is 1.97. The minimum absolute atomic E-state index is 0.284. The van der Waals surface area contributed by atoms with Gasteiger partial charge in [0.05, 0.1) is 27.7 Å². The summed E-state index contributed by atoms with van der Waals surface area (Å²) in [5.41, 5.74) is 1.60. The number of nitro benzene ring substituents is 1. The van der Waals surface area contributed by atoms with Crippen molar-refractivity contribution in [1.82, 2.24) is 9.55 Å². The highest BCUT2D eigenvalue weighted by molar-refractivity contribution is 5.77. The Morgan fingerprint density at radius 3 is 2.79 bits per heavy atom. The van der Waals surface area contributed by atoms with Crippen LogP contribution in [-0.2, 0) is 0 Å². The number of benzene rings is 2. The number of para-hydroxylation sites is 2. The highest BCUT2D eigenvalue weighted by Gasteiger charge is 2.12. The summed E-state index contributed by atoms with van der Waals surface area (Å²) in [7, 11) is 0. The lowest BCUT2D eigenvalue weighted by molar-refractivity contribution is -0.385. The second kappa shape index (κ2) is 4.16. The Hall–Kier alpha value is -2.76. The van der Waals surface area contributed by atoms with Gasteiger partial charge in [0.2, 0.25) is 0 Å². The Labute approximate surface area is 107 Å². The minimum atomic E-state index is -0.651. The van der Waals surface area contributed by atoms with Crippen molar-refractivity contribution in [2.75, 3.05) is 0 Å². The molecule has 0 aliphatic heterocycles. The largest absolute Gasteiger partial charge is 0.298 e. The number of hydrogen-bond donors (Lipinski definition) is 0. The van der Waals surface area contributed by atoms with Crippen molar-refractivity contribution in [3.05, 3.63) is 64.7 Å². The highest BCUT2D eigenvalue weighted by atomic mass is 19.1. The monoisotopic (exact) mass is 257 g/mol. The fourth-order valence-electron chi connectivity index (χ4n) is 1.97. The molecule has 0 fully saturated rings. The third kappa shape index (κ3) is 1.93. The summed E-state index contributed by atoms with van der Waals surface area (Å²) in [6.07, 6.45) is 1.52. The number of rotatable bonds is 2. The Balaban J connectivity index is 2.24. The van der Waals surface area contributed by atoms with Crippen LogP contribution in [0.5, 0.6) is 0 Å². The van der Waals surface area contributed by atoms with Crippen LogP contribution in [0.25, 0.3) is 16.7 Å². The van der Waals surface area contributed by atoms with E-state index < -0.39 is 10.7 Å². The van der Waals surface area contributed by atoms with Gasteiger partial charge in [-0.15, -0.1) is 0 Å². The SMILES string of the molecule is O=[N+]([O-])c1cc(F)cc(-n2cnc3ccccc32)c1. The molecule has 1 heterocycles. The first-order valence-corrected chi connectivity index (χ1v) is 5.52. The van der Waals surface area contributed by atoms with E-state index in [-0.39, 0.29) is 5.69 Å². The van der Waals surface area contributed by atoms with Crippen molar-refractivity contribution in [2.24, 2.45) is 0 Å². The molecule has 0 N–H and O–H groups in total. The lowest BCUT2D eigenvalue weighted by atomic mass is 10.2. The van der Waals surface area contributed by atoms with Crippen LogP contribution < -0.4 is 0 Å². The quantitative estimate of drug-likeness (QED) is 0.523. The van der Waals surface area contributed by atoms with Crippen LogP contribution in [0.3, 0.4) is 0 Å². The maximum Gasteiger partial charge on any atom is 0.274 e. The van der Waals surface area contributed by atoms with E-state index in [9.17, 15) is 14.5 Å². The highest BCUT2D eigenvalue weighted by Crippen LogP contribution is 2.23. The van der Waals surface area contributed by atoms with Gasteiger partial charge in [-0.1, -0.05) is 12.1 Å². The molecule has 5 nitrogen and oxygen atoms in total. The number of nitrogens with zero attached hydrogens (tertiary/aromatic N) is 3. The standard InChI is InChI=1S/C13H8FN3O2/c14-9-5-10(7-11(6-9)17(18)19)16-8-15-12-3-1-2-4-13(12)16/h1-8H. The first-order valence-electron chi connectivity index (χ1n) is 5.52. The number of aromatic nitrogens is 2. The fraction of sp³-hybridized carbons (Fsp3) is 0. The van der Waals surface area contributed by atoms with Crippen LogP contribution in [0.2, 0.25) is 0 Å². The van der Waals surface area contributed by atoms with Gasteiger partial charge in [0.1, 0.15) is 12.1 Å². The molecule has 94 valence electrons. The molecule has 3 rings (SSSR count). The van der Waals surface area contributed by atoms with Gasteiger partial charge in [-0.2, -0.15) is 0 Å². The molecule has 1 aromatic heterocycles. The van der Waals surface area contributed by atoms with E-state index in [1.54, 1.807) is 4.57 Å². The molecule has 0 saturated carbocycles. The van der Waals surface area contributed by atoms with E-state index in [0.29, 0.717) is 5.69 Å². The molecule has 0 saturated heterocycles. The lowest BCUT2D eigenvalue weighted by Gasteiger charge is -2.04. The molecular weight excluding hydrogens is 249 g/mol. The summed E-state index contributed by atoms with van der Waals surface area (Å²) in [6, 6.07) is 10.8. The normalized spacial score (nSPS) is 10.8. The average molecular weight is 257 g/mol. The molecular formula is C13H8FN3O2. The molecule has 0 aliphatic carbocycles. The number of fused-ring (bicyclic) bond motifs is 1. The molecule has 6 heteroatoms. The maximum absolute atomic E-state index is 13.4. The molecule has 0 radical (unpaired) electrons. The first kappa shape index (κ1) is 11.3. The summed E-state index contributed by atoms with van der Waals surface area (Å²) >= 11 is 0. The van der Waals surface area contributed by atoms with Crippen molar-refractivity contribution in [3.63, 3.8) is 0 Å². The van der Waals surface area contributed by atoms with E-state index >= 15 is 0 Å². The van der Waals surface area contributed by atoms with Crippen molar-refractivity contribution >= 4 is 16.7 Å². The zero-order chi connectivity index (χ0) is 13.4. The van der Waals surface area contributed by atoms with Gasteiger partial charge in [-0.05, 0) is 18.2 Å². The van der Waals surface area contributed by atoms with Crippen LogP contribution in [0.15, 0.2) is 48.8 Å². The van der Waals surface area contributed by atoms with Crippen LogP contribution in [0.4, 0.5) is 10.1 Å². The van der Waals surface area contributed by atoms with Gasteiger partial charge in [0, 0.05) is 6.07 Å². The molecule has 0 atom stereocenters. The average Bonchev–Trinajstić information content (AvgIpc) is 2.81. The van der Waals surface area contributed by atoms with Gasteiger partial charge >= 0.3 is 0 Å². The Morgan fingerprint density at radius 2 is 2.00 bits per heavy atom. The minimum Gasteiger partial charge on any atom is -0.298 e. The van der Waals surface area contributed by atoms with Gasteiger partial charge in [-0.25, -0.2) is 9.37 Å². The number of non-ortho nitro benzene ring substituents is 1. The van der Waals surface area contributed by atoms with Crippen molar-refractivity contribution in [3.8, 4) is 5.69 Å². The second-order valence-corrected chi connectivity index (χ2v) is 4.03. The lowest BCUT2D eigenvalue weighted by Crippen LogP contribution is -1.96. The summed E-state index contributed by atoms with van der Waals surface area (Å²) in [4.78, 5) is 14.3.